The van der Waals surface area contributed by atoms with Crippen molar-refractivity contribution in [3.63, 3.8) is 0 Å². The number of benzene rings is 1. The fourth-order valence-electron chi connectivity index (χ4n) is 2.70. The molecule has 1 aliphatic rings. The van der Waals surface area contributed by atoms with Gasteiger partial charge in [0.25, 0.3) is 5.91 Å². The number of hydrogen-bond acceptors (Lipinski definition) is 2. The maximum absolute atomic E-state index is 12.2. The minimum atomic E-state index is 0.0650. The van der Waals surface area contributed by atoms with E-state index >= 15 is 0 Å². The summed E-state index contributed by atoms with van der Waals surface area (Å²) in [5.41, 5.74) is 1.94. The molecule has 0 radical (unpaired) electrons. The van der Waals surface area contributed by atoms with Gasteiger partial charge in [0.15, 0.2) is 0 Å². The number of carbonyl (C=O) groups excluding carboxylic acids is 1. The van der Waals surface area contributed by atoms with Crippen LogP contribution in [0.1, 0.15) is 36.2 Å². The monoisotopic (exact) mass is 260 g/mol. The van der Waals surface area contributed by atoms with E-state index in [1.54, 1.807) is 0 Å². The van der Waals surface area contributed by atoms with Crippen molar-refractivity contribution in [3.8, 4) is 0 Å². The van der Waals surface area contributed by atoms with Crippen molar-refractivity contribution >= 4 is 5.91 Å². The SMILES string of the molecule is CCc1ccccc1C(=O)NCC1CNCCC1C. The van der Waals surface area contributed by atoms with E-state index in [9.17, 15) is 4.79 Å². The Morgan fingerprint density at radius 1 is 1.42 bits per heavy atom. The zero-order chi connectivity index (χ0) is 13.7. The lowest BCUT2D eigenvalue weighted by atomic mass is 9.88. The zero-order valence-corrected chi connectivity index (χ0v) is 11.9. The molecule has 19 heavy (non-hydrogen) atoms. The third kappa shape index (κ3) is 3.57. The van der Waals surface area contributed by atoms with E-state index in [4.69, 9.17) is 0 Å². The molecule has 104 valence electrons. The first-order chi connectivity index (χ1) is 9.22. The van der Waals surface area contributed by atoms with Gasteiger partial charge in [0.1, 0.15) is 0 Å². The molecule has 1 heterocycles. The second-order valence-electron chi connectivity index (χ2n) is 5.45. The number of amides is 1. The molecular weight excluding hydrogens is 236 g/mol. The molecule has 1 aromatic rings. The Labute approximate surface area is 115 Å². The largest absolute Gasteiger partial charge is 0.352 e. The smallest absolute Gasteiger partial charge is 0.251 e. The van der Waals surface area contributed by atoms with Crippen LogP contribution in [0.2, 0.25) is 0 Å². The lowest BCUT2D eigenvalue weighted by molar-refractivity contribution is 0.0938. The van der Waals surface area contributed by atoms with E-state index in [0.717, 1.165) is 37.2 Å². The van der Waals surface area contributed by atoms with Crippen molar-refractivity contribution in [3.05, 3.63) is 35.4 Å². The van der Waals surface area contributed by atoms with Gasteiger partial charge in [0.05, 0.1) is 0 Å². The fraction of sp³-hybridized carbons (Fsp3) is 0.562. The first-order valence-corrected chi connectivity index (χ1v) is 7.29. The number of nitrogens with one attached hydrogen (secondary N) is 2. The lowest BCUT2D eigenvalue weighted by Gasteiger charge is -2.29. The van der Waals surface area contributed by atoms with Gasteiger partial charge in [-0.1, -0.05) is 32.0 Å². The molecule has 0 aromatic heterocycles. The van der Waals surface area contributed by atoms with E-state index in [1.165, 1.54) is 6.42 Å². The highest BCUT2D eigenvalue weighted by atomic mass is 16.1. The molecule has 2 N–H and O–H groups in total. The van der Waals surface area contributed by atoms with E-state index in [2.05, 4.69) is 24.5 Å². The average molecular weight is 260 g/mol. The fourth-order valence-corrected chi connectivity index (χ4v) is 2.70. The highest BCUT2D eigenvalue weighted by Crippen LogP contribution is 2.17. The molecule has 0 bridgehead atoms. The third-order valence-corrected chi connectivity index (χ3v) is 4.16. The van der Waals surface area contributed by atoms with Crippen molar-refractivity contribution in [2.45, 2.75) is 26.7 Å². The molecule has 2 atom stereocenters. The van der Waals surface area contributed by atoms with E-state index in [-0.39, 0.29) is 5.91 Å². The summed E-state index contributed by atoms with van der Waals surface area (Å²) in [7, 11) is 0. The Kier molecular flexibility index (Phi) is 4.97. The minimum Gasteiger partial charge on any atom is -0.352 e. The second-order valence-corrected chi connectivity index (χ2v) is 5.45. The zero-order valence-electron chi connectivity index (χ0n) is 11.9. The predicted molar refractivity (Wildman–Crippen MR) is 78.3 cm³/mol. The normalized spacial score (nSPS) is 23.1. The van der Waals surface area contributed by atoms with Gasteiger partial charge in [-0.2, -0.15) is 0 Å². The van der Waals surface area contributed by atoms with Crippen molar-refractivity contribution in [1.29, 1.82) is 0 Å². The standard InChI is InChI=1S/C16H24N2O/c1-3-13-6-4-5-7-15(13)16(19)18-11-14-10-17-9-8-12(14)2/h4-7,12,14,17H,3,8-11H2,1-2H3,(H,18,19). The van der Waals surface area contributed by atoms with Gasteiger partial charge in [-0.15, -0.1) is 0 Å². The molecule has 2 unspecified atom stereocenters. The van der Waals surface area contributed by atoms with Gasteiger partial charge >= 0.3 is 0 Å². The first kappa shape index (κ1) is 14.1. The number of aryl methyl sites for hydroxylation is 1. The molecule has 0 spiro atoms. The van der Waals surface area contributed by atoms with Crippen LogP contribution in [-0.4, -0.2) is 25.5 Å². The summed E-state index contributed by atoms with van der Waals surface area (Å²) in [5.74, 6) is 1.30. The summed E-state index contributed by atoms with van der Waals surface area (Å²) < 4.78 is 0. The van der Waals surface area contributed by atoms with E-state index < -0.39 is 0 Å². The van der Waals surface area contributed by atoms with Crippen LogP contribution >= 0.6 is 0 Å². The summed E-state index contributed by atoms with van der Waals surface area (Å²) in [6.45, 7) is 7.24. The molecule has 0 aliphatic carbocycles. The number of hydrogen-bond donors (Lipinski definition) is 2. The highest BCUT2D eigenvalue weighted by Gasteiger charge is 2.21. The summed E-state index contributed by atoms with van der Waals surface area (Å²) >= 11 is 0. The molecule has 3 nitrogen and oxygen atoms in total. The summed E-state index contributed by atoms with van der Waals surface area (Å²) in [6, 6.07) is 7.86. The topological polar surface area (TPSA) is 41.1 Å². The van der Waals surface area contributed by atoms with Crippen LogP contribution in [0.25, 0.3) is 0 Å². The van der Waals surface area contributed by atoms with E-state index in [1.807, 2.05) is 24.3 Å². The van der Waals surface area contributed by atoms with E-state index in [0.29, 0.717) is 11.8 Å². The van der Waals surface area contributed by atoms with Crippen molar-refractivity contribution in [1.82, 2.24) is 10.6 Å². The molecule has 2 rings (SSSR count). The second kappa shape index (κ2) is 6.71. The number of carbonyl (C=O) groups is 1. The Bertz CT molecular complexity index is 431. The molecule has 1 aromatic carbocycles. The summed E-state index contributed by atoms with van der Waals surface area (Å²) in [4.78, 5) is 12.2. The molecule has 1 saturated heterocycles. The molecule has 1 aliphatic heterocycles. The maximum atomic E-state index is 12.2. The quantitative estimate of drug-likeness (QED) is 0.871. The van der Waals surface area contributed by atoms with Gasteiger partial charge in [-0.05, 0) is 49.4 Å². The van der Waals surface area contributed by atoms with Crippen molar-refractivity contribution in [2.75, 3.05) is 19.6 Å². The number of rotatable bonds is 4. The maximum Gasteiger partial charge on any atom is 0.251 e. The first-order valence-electron chi connectivity index (χ1n) is 7.29. The van der Waals surface area contributed by atoms with Crippen LogP contribution in [0.3, 0.4) is 0 Å². The average Bonchev–Trinajstić information content (AvgIpc) is 2.46. The van der Waals surface area contributed by atoms with Gasteiger partial charge in [0.2, 0.25) is 0 Å². The molecule has 1 fully saturated rings. The van der Waals surface area contributed by atoms with Crippen LogP contribution in [0.5, 0.6) is 0 Å². The highest BCUT2D eigenvalue weighted by molar-refractivity contribution is 5.95. The van der Waals surface area contributed by atoms with Crippen LogP contribution < -0.4 is 10.6 Å². The molecule has 3 heteroatoms. The van der Waals surface area contributed by atoms with Crippen LogP contribution in [-0.2, 0) is 6.42 Å². The molecular formula is C16H24N2O. The molecule has 1 amide bonds. The number of piperidine rings is 1. The van der Waals surface area contributed by atoms with Crippen LogP contribution in [0.15, 0.2) is 24.3 Å². The van der Waals surface area contributed by atoms with Crippen LogP contribution in [0, 0.1) is 11.8 Å². The Morgan fingerprint density at radius 2 is 2.21 bits per heavy atom. The summed E-state index contributed by atoms with van der Waals surface area (Å²) in [5, 5.41) is 6.49. The Morgan fingerprint density at radius 3 is 2.95 bits per heavy atom. The predicted octanol–water partition coefficient (Wildman–Crippen LogP) is 2.22. The van der Waals surface area contributed by atoms with Crippen molar-refractivity contribution in [2.24, 2.45) is 11.8 Å². The van der Waals surface area contributed by atoms with Gasteiger partial charge in [-0.25, -0.2) is 0 Å². The van der Waals surface area contributed by atoms with Crippen LogP contribution in [0.4, 0.5) is 0 Å². The summed E-state index contributed by atoms with van der Waals surface area (Å²) in [6.07, 6.45) is 2.09. The van der Waals surface area contributed by atoms with Crippen molar-refractivity contribution < 1.29 is 4.79 Å². The van der Waals surface area contributed by atoms with Gasteiger partial charge in [-0.3, -0.25) is 4.79 Å². The Hall–Kier alpha value is -1.35. The lowest BCUT2D eigenvalue weighted by Crippen LogP contribution is -2.42. The molecule has 0 saturated carbocycles. The minimum absolute atomic E-state index is 0.0650. The van der Waals surface area contributed by atoms with Gasteiger partial charge < -0.3 is 10.6 Å². The third-order valence-electron chi connectivity index (χ3n) is 4.16. The Balaban J connectivity index is 1.93. The van der Waals surface area contributed by atoms with Gasteiger partial charge in [0, 0.05) is 12.1 Å².